The first-order valence-electron chi connectivity index (χ1n) is 8.99. The zero-order valence-corrected chi connectivity index (χ0v) is 17.1. The highest BCUT2D eigenvalue weighted by molar-refractivity contribution is 7.80. The van der Waals surface area contributed by atoms with Crippen molar-refractivity contribution in [3.8, 4) is 5.75 Å². The third kappa shape index (κ3) is 5.77. The summed E-state index contributed by atoms with van der Waals surface area (Å²) < 4.78 is 29.9. The third-order valence-electron chi connectivity index (χ3n) is 4.55. The molecule has 1 N–H and O–H groups in total. The summed E-state index contributed by atoms with van der Waals surface area (Å²) in [6, 6.07) is 13.0. The van der Waals surface area contributed by atoms with Crippen LogP contribution in [0.5, 0.6) is 5.75 Å². The Kier molecular flexibility index (Phi) is 7.04. The molecule has 150 valence electrons. The van der Waals surface area contributed by atoms with Crippen molar-refractivity contribution in [2.75, 3.05) is 31.5 Å². The van der Waals surface area contributed by atoms with Crippen LogP contribution in [0.25, 0.3) is 0 Å². The van der Waals surface area contributed by atoms with E-state index >= 15 is 0 Å². The van der Waals surface area contributed by atoms with Crippen molar-refractivity contribution in [2.45, 2.75) is 20.1 Å². The Bertz CT molecular complexity index is 829. The van der Waals surface area contributed by atoms with Crippen molar-refractivity contribution in [2.24, 2.45) is 0 Å². The quantitative estimate of drug-likeness (QED) is 0.697. The van der Waals surface area contributed by atoms with E-state index in [2.05, 4.69) is 21.0 Å². The number of halogens is 3. The molecule has 0 spiro atoms. The van der Waals surface area contributed by atoms with E-state index in [4.69, 9.17) is 23.8 Å². The van der Waals surface area contributed by atoms with Gasteiger partial charge >= 0.3 is 6.61 Å². The van der Waals surface area contributed by atoms with Crippen molar-refractivity contribution in [1.29, 1.82) is 0 Å². The molecule has 0 radical (unpaired) electrons. The predicted molar refractivity (Wildman–Crippen MR) is 112 cm³/mol. The maximum Gasteiger partial charge on any atom is 0.387 e. The molecule has 1 heterocycles. The van der Waals surface area contributed by atoms with Gasteiger partial charge in [0.15, 0.2) is 5.11 Å². The molecule has 28 heavy (non-hydrogen) atoms. The van der Waals surface area contributed by atoms with E-state index in [9.17, 15) is 8.78 Å². The van der Waals surface area contributed by atoms with E-state index in [0.29, 0.717) is 10.8 Å². The highest BCUT2D eigenvalue weighted by Crippen LogP contribution is 2.28. The van der Waals surface area contributed by atoms with Gasteiger partial charge in [-0.15, -0.1) is 0 Å². The molecule has 0 unspecified atom stereocenters. The minimum atomic E-state index is -2.88. The monoisotopic (exact) mass is 425 g/mol. The summed E-state index contributed by atoms with van der Waals surface area (Å²) in [5, 5.41) is 4.29. The standard InChI is InChI=1S/C20H22ClF2N3OS/c1-14-5-6-17(18(11-14)27-19(22)23)24-20(28)26-9-7-25(8-10-26)13-15-3-2-4-16(21)12-15/h2-6,11-12,19H,7-10,13H2,1H3,(H,24,28). The number of benzene rings is 2. The summed E-state index contributed by atoms with van der Waals surface area (Å²) >= 11 is 11.5. The Morgan fingerprint density at radius 2 is 1.93 bits per heavy atom. The Morgan fingerprint density at radius 1 is 1.18 bits per heavy atom. The van der Waals surface area contributed by atoms with Gasteiger partial charge < -0.3 is 15.0 Å². The Balaban J connectivity index is 1.55. The summed E-state index contributed by atoms with van der Waals surface area (Å²) in [4.78, 5) is 4.37. The molecule has 4 nitrogen and oxygen atoms in total. The number of hydrogen-bond donors (Lipinski definition) is 1. The summed E-state index contributed by atoms with van der Waals surface area (Å²) in [5.41, 5.74) is 2.45. The fraction of sp³-hybridized carbons (Fsp3) is 0.350. The highest BCUT2D eigenvalue weighted by Gasteiger charge is 2.20. The lowest BCUT2D eigenvalue weighted by molar-refractivity contribution is -0.0493. The average molecular weight is 426 g/mol. The number of nitrogens with zero attached hydrogens (tertiary/aromatic N) is 2. The van der Waals surface area contributed by atoms with E-state index in [-0.39, 0.29) is 5.75 Å². The maximum absolute atomic E-state index is 12.7. The lowest BCUT2D eigenvalue weighted by Gasteiger charge is -2.36. The van der Waals surface area contributed by atoms with Crippen molar-refractivity contribution >= 4 is 34.6 Å². The molecule has 8 heteroatoms. The van der Waals surface area contributed by atoms with Gasteiger partial charge in [0.05, 0.1) is 5.69 Å². The molecule has 1 aliphatic rings. The minimum Gasteiger partial charge on any atom is -0.433 e. The highest BCUT2D eigenvalue weighted by atomic mass is 35.5. The Labute approximate surface area is 174 Å². The Hall–Kier alpha value is -1.96. The molecule has 0 aromatic heterocycles. The maximum atomic E-state index is 12.7. The first-order chi connectivity index (χ1) is 13.4. The molecule has 0 aliphatic carbocycles. The van der Waals surface area contributed by atoms with Gasteiger partial charge in [-0.3, -0.25) is 4.90 Å². The molecule has 0 bridgehead atoms. The van der Waals surface area contributed by atoms with Crippen LogP contribution in [0.3, 0.4) is 0 Å². The summed E-state index contributed by atoms with van der Waals surface area (Å²) in [6.45, 7) is 2.97. The lowest BCUT2D eigenvalue weighted by Crippen LogP contribution is -2.49. The van der Waals surface area contributed by atoms with Crippen LogP contribution in [0.15, 0.2) is 42.5 Å². The number of rotatable bonds is 5. The minimum absolute atomic E-state index is 0.0944. The SMILES string of the molecule is Cc1ccc(NC(=S)N2CCN(Cc3cccc(Cl)c3)CC2)c(OC(F)F)c1. The first kappa shape index (κ1) is 20.8. The van der Waals surface area contributed by atoms with Gasteiger partial charge in [0.25, 0.3) is 0 Å². The van der Waals surface area contributed by atoms with E-state index in [1.54, 1.807) is 12.1 Å². The molecular weight excluding hydrogens is 404 g/mol. The van der Waals surface area contributed by atoms with Gasteiger partial charge in [-0.05, 0) is 54.5 Å². The van der Waals surface area contributed by atoms with Crippen molar-refractivity contribution < 1.29 is 13.5 Å². The summed E-state index contributed by atoms with van der Waals surface area (Å²) in [7, 11) is 0. The number of piperazine rings is 1. The number of anilines is 1. The van der Waals surface area contributed by atoms with E-state index in [1.165, 1.54) is 5.56 Å². The molecule has 0 saturated carbocycles. The zero-order valence-electron chi connectivity index (χ0n) is 15.5. The van der Waals surface area contributed by atoms with Gasteiger partial charge in [0, 0.05) is 37.7 Å². The molecular formula is C20H22ClF2N3OS. The molecule has 1 saturated heterocycles. The van der Waals surface area contributed by atoms with Crippen LogP contribution in [0.2, 0.25) is 5.02 Å². The topological polar surface area (TPSA) is 27.7 Å². The zero-order chi connectivity index (χ0) is 20.1. The van der Waals surface area contributed by atoms with Crippen molar-refractivity contribution in [3.05, 3.63) is 58.6 Å². The average Bonchev–Trinajstić information content (AvgIpc) is 2.64. The second-order valence-corrected chi connectivity index (χ2v) is 7.52. The van der Waals surface area contributed by atoms with Crippen LogP contribution in [0, 0.1) is 6.92 Å². The number of alkyl halides is 2. The van der Waals surface area contributed by atoms with Crippen LogP contribution in [-0.4, -0.2) is 47.7 Å². The predicted octanol–water partition coefficient (Wildman–Crippen LogP) is 4.76. The number of nitrogens with one attached hydrogen (secondary N) is 1. The van der Waals surface area contributed by atoms with Gasteiger partial charge in [-0.25, -0.2) is 0 Å². The van der Waals surface area contributed by atoms with E-state index in [1.807, 2.05) is 36.1 Å². The third-order valence-corrected chi connectivity index (χ3v) is 5.14. The van der Waals surface area contributed by atoms with Crippen LogP contribution < -0.4 is 10.1 Å². The van der Waals surface area contributed by atoms with Crippen LogP contribution in [-0.2, 0) is 6.54 Å². The van der Waals surface area contributed by atoms with Gasteiger partial charge in [-0.1, -0.05) is 29.8 Å². The van der Waals surface area contributed by atoms with Crippen molar-refractivity contribution in [1.82, 2.24) is 9.80 Å². The van der Waals surface area contributed by atoms with E-state index < -0.39 is 6.61 Å². The summed E-state index contributed by atoms with van der Waals surface area (Å²) in [5.74, 6) is 0.0944. The molecule has 2 aromatic rings. The molecule has 2 aromatic carbocycles. The molecule has 1 fully saturated rings. The number of ether oxygens (including phenoxy) is 1. The molecule has 3 rings (SSSR count). The van der Waals surface area contributed by atoms with Crippen LogP contribution in [0.1, 0.15) is 11.1 Å². The number of thiocarbonyl (C=S) groups is 1. The largest absolute Gasteiger partial charge is 0.433 e. The number of aryl methyl sites for hydroxylation is 1. The van der Waals surface area contributed by atoms with Gasteiger partial charge in [0.1, 0.15) is 5.75 Å². The molecule has 0 atom stereocenters. The van der Waals surface area contributed by atoms with Gasteiger partial charge in [0.2, 0.25) is 0 Å². The summed E-state index contributed by atoms with van der Waals surface area (Å²) in [6.07, 6.45) is 0. The molecule has 0 amide bonds. The van der Waals surface area contributed by atoms with Crippen LogP contribution in [0.4, 0.5) is 14.5 Å². The first-order valence-corrected chi connectivity index (χ1v) is 9.77. The Morgan fingerprint density at radius 3 is 2.61 bits per heavy atom. The second-order valence-electron chi connectivity index (χ2n) is 6.70. The fourth-order valence-corrected chi connectivity index (χ4v) is 3.63. The van der Waals surface area contributed by atoms with Crippen LogP contribution >= 0.6 is 23.8 Å². The van der Waals surface area contributed by atoms with Gasteiger partial charge in [-0.2, -0.15) is 8.78 Å². The van der Waals surface area contributed by atoms with E-state index in [0.717, 1.165) is 43.3 Å². The smallest absolute Gasteiger partial charge is 0.387 e. The fourth-order valence-electron chi connectivity index (χ4n) is 3.12. The second kappa shape index (κ2) is 9.49. The normalized spacial score (nSPS) is 15.0. The molecule has 1 aliphatic heterocycles. The lowest BCUT2D eigenvalue weighted by atomic mass is 10.2. The van der Waals surface area contributed by atoms with Crippen molar-refractivity contribution in [3.63, 3.8) is 0 Å². The number of hydrogen-bond acceptors (Lipinski definition) is 3.